The first kappa shape index (κ1) is 16.5. The molecule has 1 saturated carbocycles. The molecule has 0 aliphatic heterocycles. The van der Waals surface area contributed by atoms with Gasteiger partial charge in [-0.2, -0.15) is 0 Å². The number of rotatable bonds is 1. The highest BCUT2D eigenvalue weighted by Gasteiger charge is 2.44. The summed E-state index contributed by atoms with van der Waals surface area (Å²) >= 11 is 0. The molecule has 0 aromatic carbocycles. The van der Waals surface area contributed by atoms with Gasteiger partial charge in [0.15, 0.2) is 0 Å². The van der Waals surface area contributed by atoms with Crippen LogP contribution in [0.5, 0.6) is 0 Å². The van der Waals surface area contributed by atoms with Gasteiger partial charge in [-0.1, -0.05) is 41.9 Å². The van der Waals surface area contributed by atoms with Crippen LogP contribution in [-0.4, -0.2) is 10.7 Å². The molecular formula is C20H32O. The average Bonchev–Trinajstić information content (AvgIpc) is 2.70. The molecule has 0 saturated heterocycles. The summed E-state index contributed by atoms with van der Waals surface area (Å²) in [5.41, 5.74) is 4.08. The van der Waals surface area contributed by atoms with Crippen molar-refractivity contribution in [2.75, 3.05) is 0 Å². The van der Waals surface area contributed by atoms with Gasteiger partial charge in [-0.25, -0.2) is 0 Å². The van der Waals surface area contributed by atoms with Gasteiger partial charge in [0.1, 0.15) is 0 Å². The molecule has 0 radical (unpaired) electrons. The lowest BCUT2D eigenvalue weighted by Gasteiger charge is -2.32. The van der Waals surface area contributed by atoms with E-state index in [-0.39, 0.29) is 5.41 Å². The highest BCUT2D eigenvalue weighted by molar-refractivity contribution is 5.28. The normalized spacial score (nSPS) is 36.7. The molecule has 0 unspecified atom stereocenters. The van der Waals surface area contributed by atoms with Gasteiger partial charge < -0.3 is 5.11 Å². The zero-order chi connectivity index (χ0) is 15.7. The van der Waals surface area contributed by atoms with Crippen molar-refractivity contribution in [1.82, 2.24) is 0 Å². The fourth-order valence-electron chi connectivity index (χ4n) is 3.93. The number of aliphatic hydroxyl groups is 1. The van der Waals surface area contributed by atoms with Crippen molar-refractivity contribution in [3.05, 3.63) is 34.9 Å². The fraction of sp³-hybridized carbons (Fsp3) is 0.700. The van der Waals surface area contributed by atoms with Crippen molar-refractivity contribution < 1.29 is 5.11 Å². The summed E-state index contributed by atoms with van der Waals surface area (Å²) in [4.78, 5) is 0. The lowest BCUT2D eigenvalue weighted by Crippen LogP contribution is -2.32. The van der Waals surface area contributed by atoms with Crippen LogP contribution in [0.3, 0.4) is 0 Å². The molecular weight excluding hydrogens is 256 g/mol. The van der Waals surface area contributed by atoms with Crippen LogP contribution in [0.15, 0.2) is 34.9 Å². The van der Waals surface area contributed by atoms with Crippen LogP contribution in [0.2, 0.25) is 0 Å². The predicted molar refractivity (Wildman–Crippen MR) is 91.2 cm³/mol. The monoisotopic (exact) mass is 288 g/mol. The quantitative estimate of drug-likeness (QED) is 0.626. The van der Waals surface area contributed by atoms with Gasteiger partial charge >= 0.3 is 0 Å². The highest BCUT2D eigenvalue weighted by Crippen LogP contribution is 2.52. The van der Waals surface area contributed by atoms with E-state index in [4.69, 9.17) is 0 Å². The first-order valence-electron chi connectivity index (χ1n) is 8.46. The predicted octanol–water partition coefficient (Wildman–Crippen LogP) is 5.57. The first-order valence-corrected chi connectivity index (χ1v) is 8.46. The largest absolute Gasteiger partial charge is 0.390 e. The Bertz CT molecular complexity index is 473. The van der Waals surface area contributed by atoms with Crippen LogP contribution < -0.4 is 0 Å². The van der Waals surface area contributed by atoms with Crippen LogP contribution >= 0.6 is 0 Å². The van der Waals surface area contributed by atoms with Crippen molar-refractivity contribution in [1.29, 1.82) is 0 Å². The van der Waals surface area contributed by atoms with Crippen LogP contribution in [-0.2, 0) is 0 Å². The summed E-state index contributed by atoms with van der Waals surface area (Å²) in [6.45, 7) is 10.8. The lowest BCUT2D eigenvalue weighted by atomic mass is 9.75. The van der Waals surface area contributed by atoms with E-state index >= 15 is 0 Å². The molecule has 0 aromatic rings. The average molecular weight is 288 g/mol. The Morgan fingerprint density at radius 3 is 2.52 bits per heavy atom. The van der Waals surface area contributed by atoms with Crippen molar-refractivity contribution >= 4 is 0 Å². The summed E-state index contributed by atoms with van der Waals surface area (Å²) in [5, 5.41) is 10.6. The van der Waals surface area contributed by atoms with Gasteiger partial charge in [0.2, 0.25) is 0 Å². The van der Waals surface area contributed by atoms with E-state index in [9.17, 15) is 5.11 Å². The molecule has 0 heterocycles. The van der Waals surface area contributed by atoms with Gasteiger partial charge in [-0.05, 0) is 71.6 Å². The van der Waals surface area contributed by atoms with Crippen LogP contribution in [0.1, 0.15) is 73.1 Å². The minimum atomic E-state index is -0.611. The Morgan fingerprint density at radius 2 is 1.86 bits per heavy atom. The number of fused-ring (bicyclic) bond motifs is 1. The van der Waals surface area contributed by atoms with Gasteiger partial charge in [-0.3, -0.25) is 0 Å². The summed E-state index contributed by atoms with van der Waals surface area (Å²) in [5.74, 6) is 0.310. The Balaban J connectivity index is 2.39. The van der Waals surface area contributed by atoms with E-state index in [0.29, 0.717) is 5.92 Å². The number of hydrogen-bond donors (Lipinski definition) is 1. The molecule has 2 aliphatic rings. The maximum absolute atomic E-state index is 10.6. The summed E-state index contributed by atoms with van der Waals surface area (Å²) in [7, 11) is 0. The second-order valence-electron chi connectivity index (χ2n) is 8.01. The van der Waals surface area contributed by atoms with E-state index < -0.39 is 5.60 Å². The highest BCUT2D eigenvalue weighted by atomic mass is 16.3. The molecule has 0 bridgehead atoms. The lowest BCUT2D eigenvalue weighted by molar-refractivity contribution is 0.0338. The molecule has 1 nitrogen and oxygen atoms in total. The minimum Gasteiger partial charge on any atom is -0.390 e. The van der Waals surface area contributed by atoms with Crippen molar-refractivity contribution in [3.8, 4) is 0 Å². The molecule has 1 heteroatoms. The second-order valence-corrected chi connectivity index (χ2v) is 8.01. The zero-order valence-corrected chi connectivity index (χ0v) is 14.5. The van der Waals surface area contributed by atoms with Crippen molar-refractivity contribution in [3.63, 3.8) is 0 Å². The number of hydrogen-bond acceptors (Lipinski definition) is 1. The van der Waals surface area contributed by atoms with E-state index in [0.717, 1.165) is 25.7 Å². The minimum absolute atomic E-state index is 0.233. The van der Waals surface area contributed by atoms with E-state index in [1.165, 1.54) is 29.6 Å². The molecule has 2 rings (SSSR count). The third kappa shape index (κ3) is 3.88. The van der Waals surface area contributed by atoms with Crippen molar-refractivity contribution in [2.45, 2.75) is 78.7 Å². The Labute approximate surface area is 130 Å². The smallest absolute Gasteiger partial charge is 0.0656 e. The van der Waals surface area contributed by atoms with E-state index in [1.54, 1.807) is 0 Å². The molecule has 0 aromatic heterocycles. The summed E-state index contributed by atoms with van der Waals surface area (Å²) < 4.78 is 0. The number of allylic oxidation sites excluding steroid dienone is 5. The SMILES string of the molecule is C/C1=C\CC/C(C)=C/C[C@]2(C)CC[C@@H](C(C)(C)O)C2=CC1. The Hall–Kier alpha value is -0.820. The van der Waals surface area contributed by atoms with Gasteiger partial charge in [0.25, 0.3) is 0 Å². The third-order valence-electron chi connectivity index (χ3n) is 5.49. The fourth-order valence-corrected chi connectivity index (χ4v) is 3.93. The van der Waals surface area contributed by atoms with Crippen LogP contribution in [0.4, 0.5) is 0 Å². The maximum Gasteiger partial charge on any atom is 0.0656 e. The standard InChI is InChI=1S/C20H32O/c1-15-7-6-8-16(2)11-13-20(5)14-12-17(19(3,4)21)18(20)10-9-15/h7,10-11,17,21H,6,8-9,12-14H2,1-5H3/b15-7+,16-11+,18-10?/t17-,20-/m1/s1. The maximum atomic E-state index is 10.6. The van der Waals surface area contributed by atoms with Crippen molar-refractivity contribution in [2.24, 2.45) is 11.3 Å². The Morgan fingerprint density at radius 1 is 1.14 bits per heavy atom. The van der Waals surface area contributed by atoms with E-state index in [2.05, 4.69) is 39.0 Å². The van der Waals surface area contributed by atoms with Crippen LogP contribution in [0, 0.1) is 11.3 Å². The second kappa shape index (κ2) is 6.12. The van der Waals surface area contributed by atoms with Gasteiger partial charge in [0.05, 0.1) is 5.60 Å². The molecule has 0 spiro atoms. The molecule has 21 heavy (non-hydrogen) atoms. The molecule has 1 fully saturated rings. The molecule has 0 amide bonds. The zero-order valence-electron chi connectivity index (χ0n) is 14.5. The molecule has 2 aliphatic carbocycles. The third-order valence-corrected chi connectivity index (χ3v) is 5.49. The van der Waals surface area contributed by atoms with Gasteiger partial charge in [0, 0.05) is 5.92 Å². The Kier molecular flexibility index (Phi) is 4.82. The first-order chi connectivity index (χ1) is 9.72. The summed E-state index contributed by atoms with van der Waals surface area (Å²) in [6.07, 6.45) is 14.0. The van der Waals surface area contributed by atoms with Gasteiger partial charge in [-0.15, -0.1) is 0 Å². The molecule has 2 atom stereocenters. The van der Waals surface area contributed by atoms with E-state index in [1.807, 2.05) is 13.8 Å². The summed E-state index contributed by atoms with van der Waals surface area (Å²) in [6, 6.07) is 0. The topological polar surface area (TPSA) is 20.2 Å². The van der Waals surface area contributed by atoms with Crippen LogP contribution in [0.25, 0.3) is 0 Å². The molecule has 1 N–H and O–H groups in total. The molecule has 118 valence electrons.